The summed E-state index contributed by atoms with van der Waals surface area (Å²) in [7, 11) is 0. The molecule has 5 nitrogen and oxygen atoms in total. The van der Waals surface area contributed by atoms with E-state index in [0.29, 0.717) is 0 Å². The topological polar surface area (TPSA) is 70.6 Å². The molecular weight excluding hydrogens is 278 g/mol. The molecule has 0 saturated carbocycles. The maximum atomic E-state index is 11.7. The minimum Gasteiger partial charge on any atom is -0.326 e. The second-order valence-electron chi connectivity index (χ2n) is 4.62. The number of nitrogens with zero attached hydrogens (tertiary/aromatic N) is 1. The van der Waals surface area contributed by atoms with Crippen LogP contribution in [0.5, 0.6) is 0 Å². The summed E-state index contributed by atoms with van der Waals surface area (Å²) in [6.45, 7) is 0. The van der Waals surface area contributed by atoms with Crippen molar-refractivity contribution < 1.29 is 9.59 Å². The van der Waals surface area contributed by atoms with Crippen molar-refractivity contribution in [1.82, 2.24) is 5.43 Å². The van der Waals surface area contributed by atoms with Gasteiger partial charge in [-0.2, -0.15) is 5.10 Å². The molecule has 0 aliphatic carbocycles. The van der Waals surface area contributed by atoms with Crippen LogP contribution in [0, 0.1) is 0 Å². The Morgan fingerprint density at radius 1 is 0.864 bits per heavy atom. The number of benzene rings is 2. The first kappa shape index (κ1) is 15.4. The molecule has 2 rings (SSSR count). The van der Waals surface area contributed by atoms with Crippen LogP contribution >= 0.6 is 0 Å². The van der Waals surface area contributed by atoms with Gasteiger partial charge in [-0.15, -0.1) is 0 Å². The Balaban J connectivity index is 1.69. The van der Waals surface area contributed by atoms with Crippen molar-refractivity contribution in [2.24, 2.45) is 5.10 Å². The lowest BCUT2D eigenvalue weighted by Crippen LogP contribution is -2.20. The van der Waals surface area contributed by atoms with Crippen molar-refractivity contribution >= 4 is 23.7 Å². The molecule has 0 spiro atoms. The number of hydrogen-bond donors (Lipinski definition) is 2. The highest BCUT2D eigenvalue weighted by Gasteiger charge is 2.06. The zero-order chi connectivity index (χ0) is 15.6. The third-order valence-corrected chi connectivity index (χ3v) is 2.84. The summed E-state index contributed by atoms with van der Waals surface area (Å²) in [6, 6.07) is 18.6. The van der Waals surface area contributed by atoms with Gasteiger partial charge in [0.05, 0.1) is 6.21 Å². The summed E-state index contributed by atoms with van der Waals surface area (Å²) in [5, 5.41) is 6.57. The van der Waals surface area contributed by atoms with Gasteiger partial charge >= 0.3 is 0 Å². The number of carbonyl (C=O) groups is 2. The molecule has 2 aromatic rings. The van der Waals surface area contributed by atoms with Crippen LogP contribution in [0.4, 0.5) is 5.69 Å². The number of anilines is 1. The molecule has 112 valence electrons. The van der Waals surface area contributed by atoms with Crippen molar-refractivity contribution in [3.63, 3.8) is 0 Å². The summed E-state index contributed by atoms with van der Waals surface area (Å²) < 4.78 is 0. The molecule has 0 unspecified atom stereocenters. The summed E-state index contributed by atoms with van der Waals surface area (Å²) in [4.78, 5) is 23.3. The number of carbonyl (C=O) groups excluding carboxylic acids is 2. The molecule has 2 aromatic carbocycles. The fraction of sp³-hybridized carbons (Fsp3) is 0.118. The minimum absolute atomic E-state index is 0.0881. The quantitative estimate of drug-likeness (QED) is 0.635. The van der Waals surface area contributed by atoms with E-state index in [4.69, 9.17) is 0 Å². The Kier molecular flexibility index (Phi) is 5.87. The zero-order valence-corrected chi connectivity index (χ0v) is 12.0. The smallest absolute Gasteiger partial charge is 0.240 e. The van der Waals surface area contributed by atoms with Crippen LogP contribution in [0.2, 0.25) is 0 Å². The van der Waals surface area contributed by atoms with E-state index < -0.39 is 0 Å². The predicted molar refractivity (Wildman–Crippen MR) is 86.5 cm³/mol. The number of nitrogens with one attached hydrogen (secondary N) is 2. The number of hydrazone groups is 1. The molecule has 0 radical (unpaired) electrons. The Morgan fingerprint density at radius 3 is 2.14 bits per heavy atom. The van der Waals surface area contributed by atoms with Crippen LogP contribution < -0.4 is 10.7 Å². The SMILES string of the molecule is O=C(CCC(=O)Nc1ccccc1)N/N=C/c1ccccc1. The molecule has 5 heteroatoms. The molecular formula is C17H17N3O2. The molecule has 0 aliphatic rings. The van der Waals surface area contributed by atoms with Crippen molar-refractivity contribution in [2.45, 2.75) is 12.8 Å². The van der Waals surface area contributed by atoms with Crippen LogP contribution in [-0.2, 0) is 9.59 Å². The Hall–Kier alpha value is -2.95. The van der Waals surface area contributed by atoms with Gasteiger partial charge in [0.2, 0.25) is 11.8 Å². The van der Waals surface area contributed by atoms with E-state index in [-0.39, 0.29) is 24.7 Å². The first-order valence-electron chi connectivity index (χ1n) is 6.96. The van der Waals surface area contributed by atoms with Crippen LogP contribution in [0.1, 0.15) is 18.4 Å². The van der Waals surface area contributed by atoms with E-state index in [1.165, 1.54) is 0 Å². The number of hydrogen-bond acceptors (Lipinski definition) is 3. The third-order valence-electron chi connectivity index (χ3n) is 2.84. The van der Waals surface area contributed by atoms with E-state index in [9.17, 15) is 9.59 Å². The van der Waals surface area contributed by atoms with E-state index in [2.05, 4.69) is 15.8 Å². The molecule has 22 heavy (non-hydrogen) atoms. The molecule has 0 fully saturated rings. The normalized spacial score (nSPS) is 10.4. The van der Waals surface area contributed by atoms with Gasteiger partial charge in [0.25, 0.3) is 0 Å². The van der Waals surface area contributed by atoms with Gasteiger partial charge in [0, 0.05) is 18.5 Å². The summed E-state index contributed by atoms with van der Waals surface area (Å²) in [6.07, 6.45) is 1.76. The van der Waals surface area contributed by atoms with Crippen LogP contribution in [0.15, 0.2) is 65.8 Å². The summed E-state index contributed by atoms with van der Waals surface area (Å²) in [5.74, 6) is -0.496. The third kappa shape index (κ3) is 5.58. The average molecular weight is 295 g/mol. The van der Waals surface area contributed by atoms with Gasteiger partial charge in [0.1, 0.15) is 0 Å². The van der Waals surface area contributed by atoms with Gasteiger partial charge in [0.15, 0.2) is 0 Å². The number of rotatable bonds is 6. The zero-order valence-electron chi connectivity index (χ0n) is 12.0. The van der Waals surface area contributed by atoms with E-state index in [0.717, 1.165) is 11.3 Å². The molecule has 2 N–H and O–H groups in total. The lowest BCUT2D eigenvalue weighted by Gasteiger charge is -2.04. The lowest BCUT2D eigenvalue weighted by atomic mass is 10.2. The molecule has 0 atom stereocenters. The Morgan fingerprint density at radius 2 is 1.45 bits per heavy atom. The molecule has 2 amide bonds. The Labute approximate surface area is 129 Å². The van der Waals surface area contributed by atoms with Crippen molar-refractivity contribution in [1.29, 1.82) is 0 Å². The highest BCUT2D eigenvalue weighted by Crippen LogP contribution is 2.05. The van der Waals surface area contributed by atoms with Crippen molar-refractivity contribution in [2.75, 3.05) is 5.32 Å². The lowest BCUT2D eigenvalue weighted by molar-refractivity contribution is -0.124. The largest absolute Gasteiger partial charge is 0.326 e. The minimum atomic E-state index is -0.296. The highest BCUT2D eigenvalue weighted by atomic mass is 16.2. The van der Waals surface area contributed by atoms with Crippen LogP contribution in [0.25, 0.3) is 0 Å². The summed E-state index contributed by atoms with van der Waals surface area (Å²) in [5.41, 5.74) is 4.01. The van der Waals surface area contributed by atoms with Gasteiger partial charge in [-0.25, -0.2) is 5.43 Å². The second-order valence-corrected chi connectivity index (χ2v) is 4.62. The highest BCUT2D eigenvalue weighted by molar-refractivity contribution is 5.93. The number of amides is 2. The molecule has 0 bridgehead atoms. The van der Waals surface area contributed by atoms with Crippen LogP contribution in [-0.4, -0.2) is 18.0 Å². The van der Waals surface area contributed by atoms with E-state index >= 15 is 0 Å². The average Bonchev–Trinajstić information content (AvgIpc) is 2.55. The van der Waals surface area contributed by atoms with Crippen LogP contribution in [0.3, 0.4) is 0 Å². The van der Waals surface area contributed by atoms with Gasteiger partial charge in [-0.3, -0.25) is 9.59 Å². The fourth-order valence-electron chi connectivity index (χ4n) is 1.75. The first-order valence-corrected chi connectivity index (χ1v) is 6.96. The van der Waals surface area contributed by atoms with Gasteiger partial charge < -0.3 is 5.32 Å². The monoisotopic (exact) mass is 295 g/mol. The van der Waals surface area contributed by atoms with Crippen molar-refractivity contribution in [3.8, 4) is 0 Å². The molecule has 0 saturated heterocycles. The molecule has 0 aliphatic heterocycles. The van der Waals surface area contributed by atoms with E-state index in [1.54, 1.807) is 18.3 Å². The fourth-order valence-corrected chi connectivity index (χ4v) is 1.75. The molecule has 0 heterocycles. The maximum absolute atomic E-state index is 11.7. The predicted octanol–water partition coefficient (Wildman–Crippen LogP) is 2.56. The van der Waals surface area contributed by atoms with E-state index in [1.807, 2.05) is 48.5 Å². The number of para-hydroxylation sites is 1. The van der Waals surface area contributed by atoms with Gasteiger partial charge in [-0.05, 0) is 17.7 Å². The summed E-state index contributed by atoms with van der Waals surface area (Å²) >= 11 is 0. The second kappa shape index (κ2) is 8.36. The van der Waals surface area contributed by atoms with Gasteiger partial charge in [-0.1, -0.05) is 48.5 Å². The molecule has 0 aromatic heterocycles. The Bertz CT molecular complexity index is 639. The first-order chi connectivity index (χ1) is 10.7. The maximum Gasteiger partial charge on any atom is 0.240 e. The standard InChI is InChI=1S/C17H17N3O2/c21-16(19-15-9-5-2-6-10-15)11-12-17(22)20-18-13-14-7-3-1-4-8-14/h1-10,13H,11-12H2,(H,19,21)(H,20,22)/b18-13+. The van der Waals surface area contributed by atoms with Crippen molar-refractivity contribution in [3.05, 3.63) is 66.2 Å².